The summed E-state index contributed by atoms with van der Waals surface area (Å²) in [5.74, 6) is 0.128. The minimum atomic E-state index is -0.388. The molecule has 0 bridgehead atoms. The Bertz CT molecular complexity index is 679. The number of allylic oxidation sites excluding steroid dienone is 3. The molecule has 1 saturated carbocycles. The van der Waals surface area contributed by atoms with Crippen molar-refractivity contribution < 1.29 is 24.2 Å². The smallest absolute Gasteiger partial charge is 0.306 e. The zero-order valence-corrected chi connectivity index (χ0v) is 19.5. The number of methoxy groups -OCH3 is 1. The number of esters is 2. The van der Waals surface area contributed by atoms with E-state index in [0.29, 0.717) is 18.4 Å². The lowest BCUT2D eigenvalue weighted by Crippen LogP contribution is -2.51. The molecule has 2 aliphatic carbocycles. The minimum absolute atomic E-state index is 0.0513. The Morgan fingerprint density at radius 3 is 2.57 bits per heavy atom. The van der Waals surface area contributed by atoms with Crippen LogP contribution in [0.3, 0.4) is 0 Å². The van der Waals surface area contributed by atoms with E-state index in [1.807, 2.05) is 6.08 Å². The fraction of sp³-hybridized carbons (Fsp3) is 0.760. The first-order chi connectivity index (χ1) is 14.2. The van der Waals surface area contributed by atoms with Crippen LogP contribution in [0.1, 0.15) is 79.1 Å². The minimum Gasteiger partial charge on any atom is -0.469 e. The van der Waals surface area contributed by atoms with Crippen molar-refractivity contribution in [3.8, 4) is 0 Å². The van der Waals surface area contributed by atoms with Crippen molar-refractivity contribution in [2.24, 2.45) is 22.7 Å². The van der Waals surface area contributed by atoms with Gasteiger partial charge in [-0.05, 0) is 75.0 Å². The Hall–Kier alpha value is -1.62. The summed E-state index contributed by atoms with van der Waals surface area (Å²) >= 11 is 0. The van der Waals surface area contributed by atoms with Crippen LogP contribution in [-0.4, -0.2) is 37.4 Å². The average molecular weight is 421 g/mol. The molecule has 1 N–H and O–H groups in total. The van der Waals surface area contributed by atoms with E-state index in [0.717, 1.165) is 32.1 Å². The molecule has 30 heavy (non-hydrogen) atoms. The highest BCUT2D eigenvalue weighted by molar-refractivity contribution is 5.77. The summed E-state index contributed by atoms with van der Waals surface area (Å²) < 4.78 is 10.3. The molecule has 0 aromatic heterocycles. The van der Waals surface area contributed by atoms with Gasteiger partial charge >= 0.3 is 11.9 Å². The number of carbonyl (C=O) groups is 2. The Morgan fingerprint density at radius 2 is 1.90 bits per heavy atom. The fourth-order valence-corrected chi connectivity index (χ4v) is 5.76. The van der Waals surface area contributed by atoms with Gasteiger partial charge in [-0.15, -0.1) is 0 Å². The molecule has 4 atom stereocenters. The summed E-state index contributed by atoms with van der Waals surface area (Å²) in [4.78, 5) is 23.5. The Morgan fingerprint density at radius 1 is 1.20 bits per heavy atom. The predicted octanol–water partition coefficient (Wildman–Crippen LogP) is 4.98. The molecule has 0 aromatic rings. The number of rotatable bonds is 9. The molecule has 2 aliphatic rings. The van der Waals surface area contributed by atoms with Crippen molar-refractivity contribution in [1.29, 1.82) is 0 Å². The molecule has 5 heteroatoms. The van der Waals surface area contributed by atoms with Gasteiger partial charge in [0, 0.05) is 0 Å². The fourth-order valence-electron chi connectivity index (χ4n) is 5.76. The molecule has 0 heterocycles. The molecule has 0 unspecified atom stereocenters. The van der Waals surface area contributed by atoms with Gasteiger partial charge in [0.15, 0.2) is 0 Å². The number of hydrogen-bond donors (Lipinski definition) is 1. The van der Waals surface area contributed by atoms with E-state index in [1.54, 1.807) is 0 Å². The number of aliphatic hydroxyl groups is 1. The molecule has 0 aliphatic heterocycles. The molecule has 1 fully saturated rings. The number of ether oxygens (including phenoxy) is 2. The van der Waals surface area contributed by atoms with Crippen molar-refractivity contribution >= 4 is 11.9 Å². The van der Waals surface area contributed by atoms with Crippen LogP contribution >= 0.6 is 0 Å². The second-order valence-electron chi connectivity index (χ2n) is 9.67. The molecular weight excluding hydrogens is 380 g/mol. The maximum atomic E-state index is 12.2. The molecule has 0 radical (unpaired) electrons. The van der Waals surface area contributed by atoms with Gasteiger partial charge in [-0.1, -0.05) is 37.1 Å². The van der Waals surface area contributed by atoms with Gasteiger partial charge in [-0.3, -0.25) is 9.59 Å². The van der Waals surface area contributed by atoms with Crippen molar-refractivity contribution in [3.05, 3.63) is 23.3 Å². The van der Waals surface area contributed by atoms with Crippen LogP contribution in [0.5, 0.6) is 0 Å². The molecule has 0 spiro atoms. The van der Waals surface area contributed by atoms with Crippen LogP contribution in [-0.2, 0) is 19.1 Å². The number of carbonyl (C=O) groups excluding carboxylic acids is 2. The third kappa shape index (κ3) is 5.54. The van der Waals surface area contributed by atoms with E-state index < -0.39 is 0 Å². The third-order valence-electron chi connectivity index (χ3n) is 8.02. The van der Waals surface area contributed by atoms with Crippen LogP contribution in [0, 0.1) is 22.7 Å². The monoisotopic (exact) mass is 420 g/mol. The standard InChI is InChI=1S/C25H40O5/c1-18(13-16-26)11-14-25(4)20(17-30-23(28)10-9-22(27)29-5)12-15-24(3)19(2)7-6-8-21(24)25/h7,13,20-21,26H,6,8-12,14-17H2,1-5H3/b18-13+/t20-,21-,24-,25-/m0/s1. The Kier molecular flexibility index (Phi) is 8.72. The van der Waals surface area contributed by atoms with Crippen LogP contribution in [0.15, 0.2) is 23.3 Å². The Labute approximate surface area is 181 Å². The molecule has 0 amide bonds. The number of fused-ring (bicyclic) bond motifs is 1. The van der Waals surface area contributed by atoms with Crippen molar-refractivity contribution in [2.45, 2.75) is 79.1 Å². The van der Waals surface area contributed by atoms with Gasteiger partial charge in [-0.2, -0.15) is 0 Å². The molecular formula is C25H40O5. The van der Waals surface area contributed by atoms with Crippen LogP contribution < -0.4 is 0 Å². The van der Waals surface area contributed by atoms with Crippen molar-refractivity contribution in [1.82, 2.24) is 0 Å². The molecule has 5 nitrogen and oxygen atoms in total. The van der Waals surface area contributed by atoms with E-state index in [-0.39, 0.29) is 42.2 Å². The summed E-state index contributed by atoms with van der Waals surface area (Å²) in [7, 11) is 1.33. The van der Waals surface area contributed by atoms with Gasteiger partial charge in [-0.25, -0.2) is 0 Å². The van der Waals surface area contributed by atoms with E-state index in [1.165, 1.54) is 24.7 Å². The van der Waals surface area contributed by atoms with E-state index >= 15 is 0 Å². The van der Waals surface area contributed by atoms with Crippen molar-refractivity contribution in [3.63, 3.8) is 0 Å². The van der Waals surface area contributed by atoms with Gasteiger partial charge in [0.05, 0.1) is 33.2 Å². The quantitative estimate of drug-likeness (QED) is 0.421. The average Bonchev–Trinajstić information content (AvgIpc) is 2.72. The molecule has 2 rings (SSSR count). The summed E-state index contributed by atoms with van der Waals surface area (Å²) in [6.45, 7) is 9.64. The largest absolute Gasteiger partial charge is 0.469 e. The van der Waals surface area contributed by atoms with Crippen molar-refractivity contribution in [2.75, 3.05) is 20.3 Å². The molecule has 0 saturated heterocycles. The number of hydrogen-bond acceptors (Lipinski definition) is 5. The second kappa shape index (κ2) is 10.6. The third-order valence-corrected chi connectivity index (χ3v) is 8.02. The first-order valence-corrected chi connectivity index (χ1v) is 11.3. The van der Waals surface area contributed by atoms with Gasteiger partial charge in [0.25, 0.3) is 0 Å². The number of aliphatic hydroxyl groups excluding tert-OH is 1. The maximum Gasteiger partial charge on any atom is 0.306 e. The van der Waals surface area contributed by atoms with Gasteiger partial charge < -0.3 is 14.6 Å². The first kappa shape index (κ1) is 24.6. The predicted molar refractivity (Wildman–Crippen MR) is 118 cm³/mol. The van der Waals surface area contributed by atoms with Crippen LogP contribution in [0.25, 0.3) is 0 Å². The molecule has 0 aromatic carbocycles. The van der Waals surface area contributed by atoms with Gasteiger partial charge in [0.2, 0.25) is 0 Å². The zero-order valence-electron chi connectivity index (χ0n) is 19.5. The Balaban J connectivity index is 2.15. The highest BCUT2D eigenvalue weighted by Crippen LogP contribution is 2.62. The normalized spacial score (nSPS) is 31.5. The maximum absolute atomic E-state index is 12.2. The SMILES string of the molecule is COC(=O)CCC(=O)OC[C@@H]1CC[C@@]2(C)C(C)=CCC[C@@H]2[C@@]1(C)CC/C(C)=C/CO. The first-order valence-electron chi connectivity index (χ1n) is 11.3. The summed E-state index contributed by atoms with van der Waals surface area (Å²) in [5, 5.41) is 9.23. The highest BCUT2D eigenvalue weighted by Gasteiger charge is 2.54. The van der Waals surface area contributed by atoms with Gasteiger partial charge in [0.1, 0.15) is 0 Å². The van der Waals surface area contributed by atoms with Crippen LogP contribution in [0.2, 0.25) is 0 Å². The second-order valence-corrected chi connectivity index (χ2v) is 9.67. The molecule has 170 valence electrons. The summed E-state index contributed by atoms with van der Waals surface area (Å²) in [6, 6.07) is 0. The highest BCUT2D eigenvalue weighted by atomic mass is 16.5. The topological polar surface area (TPSA) is 72.8 Å². The van der Waals surface area contributed by atoms with Crippen LogP contribution in [0.4, 0.5) is 0 Å². The lowest BCUT2D eigenvalue weighted by Gasteiger charge is -2.58. The lowest BCUT2D eigenvalue weighted by atomic mass is 9.46. The zero-order chi connectivity index (χ0) is 22.4. The van der Waals surface area contributed by atoms with E-state index in [4.69, 9.17) is 4.74 Å². The van der Waals surface area contributed by atoms with E-state index in [2.05, 4.69) is 38.5 Å². The summed E-state index contributed by atoms with van der Waals surface area (Å²) in [6.07, 6.45) is 10.8. The lowest BCUT2D eigenvalue weighted by molar-refractivity contribution is -0.154. The van der Waals surface area contributed by atoms with E-state index in [9.17, 15) is 14.7 Å². The summed E-state index contributed by atoms with van der Waals surface area (Å²) in [5.41, 5.74) is 2.96.